The first-order chi connectivity index (χ1) is 11.4. The molecule has 4 nitrogen and oxygen atoms in total. The molecule has 0 saturated carbocycles. The molecule has 1 unspecified atom stereocenters. The van der Waals surface area contributed by atoms with Crippen molar-refractivity contribution in [1.82, 2.24) is 14.9 Å². The first-order valence-electron chi connectivity index (χ1n) is 8.13. The molecule has 0 spiro atoms. The fourth-order valence-electron chi connectivity index (χ4n) is 3.31. The van der Waals surface area contributed by atoms with Gasteiger partial charge in [-0.3, -0.25) is 4.90 Å². The Labute approximate surface area is 140 Å². The average molecular weight is 324 g/mol. The molecule has 0 amide bonds. The highest BCUT2D eigenvalue weighted by molar-refractivity contribution is 7.16. The third kappa shape index (κ3) is 3.07. The average Bonchev–Trinajstić information content (AvgIpc) is 3.28. The molecular formula is C18H20N4S. The van der Waals surface area contributed by atoms with Gasteiger partial charge in [-0.1, -0.05) is 30.3 Å². The van der Waals surface area contributed by atoms with E-state index in [1.54, 1.807) is 17.7 Å². The van der Waals surface area contributed by atoms with Gasteiger partial charge in [0.1, 0.15) is 17.0 Å². The van der Waals surface area contributed by atoms with E-state index in [4.69, 9.17) is 0 Å². The summed E-state index contributed by atoms with van der Waals surface area (Å²) < 4.78 is 0. The topological polar surface area (TPSA) is 41.1 Å². The van der Waals surface area contributed by atoms with E-state index < -0.39 is 0 Å². The molecule has 1 aliphatic rings. The molecular weight excluding hydrogens is 304 g/mol. The minimum atomic E-state index is 0.391. The van der Waals surface area contributed by atoms with Crippen LogP contribution in [0.5, 0.6) is 0 Å². The van der Waals surface area contributed by atoms with Crippen LogP contribution in [0.1, 0.15) is 24.4 Å². The summed E-state index contributed by atoms with van der Waals surface area (Å²) in [5.74, 6) is 0.941. The van der Waals surface area contributed by atoms with Gasteiger partial charge in [0.05, 0.1) is 11.4 Å². The third-order valence-corrected chi connectivity index (χ3v) is 5.31. The van der Waals surface area contributed by atoms with Gasteiger partial charge in [0, 0.05) is 6.54 Å². The lowest BCUT2D eigenvalue weighted by atomic mass is 10.1. The summed E-state index contributed by atoms with van der Waals surface area (Å²) in [6, 6.07) is 13.3. The lowest BCUT2D eigenvalue weighted by Gasteiger charge is -2.28. The Kier molecular flexibility index (Phi) is 4.22. The maximum atomic E-state index is 4.44. The van der Waals surface area contributed by atoms with Gasteiger partial charge in [0.25, 0.3) is 0 Å². The second-order valence-electron chi connectivity index (χ2n) is 5.91. The first-order valence-corrected chi connectivity index (χ1v) is 9.01. The fourth-order valence-corrected chi connectivity index (χ4v) is 4.04. The van der Waals surface area contributed by atoms with Gasteiger partial charge in [-0.15, -0.1) is 11.3 Å². The largest absolute Gasteiger partial charge is 0.368 e. The summed E-state index contributed by atoms with van der Waals surface area (Å²) in [5, 5.41) is 6.75. The molecule has 1 N–H and O–H groups in total. The van der Waals surface area contributed by atoms with Crippen molar-refractivity contribution in [3.8, 4) is 0 Å². The van der Waals surface area contributed by atoms with Gasteiger partial charge in [-0.25, -0.2) is 9.97 Å². The van der Waals surface area contributed by atoms with Crippen LogP contribution in [0.25, 0.3) is 10.2 Å². The number of hydrogen-bond donors (Lipinski definition) is 1. The predicted octanol–water partition coefficient (Wildman–Crippen LogP) is 3.94. The monoisotopic (exact) mass is 324 g/mol. The van der Waals surface area contributed by atoms with Crippen LogP contribution in [-0.2, 0) is 0 Å². The Balaban J connectivity index is 1.57. The molecule has 118 valence electrons. The van der Waals surface area contributed by atoms with Gasteiger partial charge in [0.2, 0.25) is 0 Å². The highest BCUT2D eigenvalue weighted by Gasteiger charge is 2.23. The second-order valence-corrected chi connectivity index (χ2v) is 6.81. The molecule has 1 fully saturated rings. The number of hydrogen-bond acceptors (Lipinski definition) is 5. The van der Waals surface area contributed by atoms with Crippen molar-refractivity contribution < 1.29 is 0 Å². The van der Waals surface area contributed by atoms with E-state index >= 15 is 0 Å². The van der Waals surface area contributed by atoms with Gasteiger partial charge in [0.15, 0.2) is 0 Å². The smallest absolute Gasteiger partial charge is 0.138 e. The molecule has 4 rings (SSSR count). The molecule has 2 aromatic heterocycles. The van der Waals surface area contributed by atoms with Crippen molar-refractivity contribution in [2.24, 2.45) is 0 Å². The summed E-state index contributed by atoms with van der Waals surface area (Å²) in [5.41, 5.74) is 1.37. The van der Waals surface area contributed by atoms with E-state index in [0.29, 0.717) is 6.04 Å². The molecule has 0 bridgehead atoms. The molecule has 3 aromatic rings. The number of nitrogens with zero attached hydrogens (tertiary/aromatic N) is 3. The fraction of sp³-hybridized carbons (Fsp3) is 0.333. The number of anilines is 1. The highest BCUT2D eigenvalue weighted by atomic mass is 32.1. The minimum Gasteiger partial charge on any atom is -0.368 e. The Bertz CT molecular complexity index is 765. The molecule has 1 aromatic carbocycles. The molecule has 1 atom stereocenters. The predicted molar refractivity (Wildman–Crippen MR) is 95.9 cm³/mol. The summed E-state index contributed by atoms with van der Waals surface area (Å²) in [7, 11) is 0. The van der Waals surface area contributed by atoms with Crippen LogP contribution in [0.4, 0.5) is 5.82 Å². The zero-order chi connectivity index (χ0) is 15.5. The van der Waals surface area contributed by atoms with Crippen LogP contribution in [0.2, 0.25) is 0 Å². The van der Waals surface area contributed by atoms with Gasteiger partial charge in [-0.05, 0) is 42.9 Å². The summed E-state index contributed by atoms with van der Waals surface area (Å²) in [6.07, 6.45) is 4.24. The van der Waals surface area contributed by atoms with E-state index in [0.717, 1.165) is 22.6 Å². The summed E-state index contributed by atoms with van der Waals surface area (Å²) in [6.45, 7) is 3.23. The molecule has 0 radical (unpaired) electrons. The minimum absolute atomic E-state index is 0.391. The van der Waals surface area contributed by atoms with Crippen molar-refractivity contribution in [3.63, 3.8) is 0 Å². The standard InChI is InChI=1S/C18H20N4S/c1-2-6-14(7-3-1)16(22-9-4-5-10-22)12-19-17-15-8-11-23-18(15)21-13-20-17/h1-3,6-8,11,13,16H,4-5,9-10,12H2,(H,19,20,21). The zero-order valence-corrected chi connectivity index (χ0v) is 13.8. The Morgan fingerprint density at radius 2 is 1.91 bits per heavy atom. The van der Waals surface area contributed by atoms with Crippen molar-refractivity contribution >= 4 is 27.4 Å². The molecule has 23 heavy (non-hydrogen) atoms. The van der Waals surface area contributed by atoms with Crippen LogP contribution < -0.4 is 5.32 Å². The van der Waals surface area contributed by atoms with E-state index in [9.17, 15) is 0 Å². The normalized spacial score (nSPS) is 16.7. The van der Waals surface area contributed by atoms with Crippen LogP contribution in [0, 0.1) is 0 Å². The lowest BCUT2D eigenvalue weighted by Crippen LogP contribution is -2.31. The Morgan fingerprint density at radius 3 is 2.74 bits per heavy atom. The molecule has 0 aliphatic carbocycles. The lowest BCUT2D eigenvalue weighted by molar-refractivity contribution is 0.256. The van der Waals surface area contributed by atoms with E-state index in [1.165, 1.54) is 31.5 Å². The third-order valence-electron chi connectivity index (χ3n) is 4.49. The number of rotatable bonds is 5. The highest BCUT2D eigenvalue weighted by Crippen LogP contribution is 2.28. The quantitative estimate of drug-likeness (QED) is 0.772. The van der Waals surface area contributed by atoms with Crippen LogP contribution >= 0.6 is 11.3 Å². The van der Waals surface area contributed by atoms with Gasteiger partial charge >= 0.3 is 0 Å². The number of likely N-dealkylation sites (tertiary alicyclic amines) is 1. The molecule has 1 aliphatic heterocycles. The van der Waals surface area contributed by atoms with Crippen LogP contribution in [0.15, 0.2) is 48.1 Å². The Hall–Kier alpha value is -1.98. The maximum Gasteiger partial charge on any atom is 0.138 e. The number of thiophene rings is 1. The van der Waals surface area contributed by atoms with Crippen molar-refractivity contribution in [3.05, 3.63) is 53.7 Å². The molecule has 1 saturated heterocycles. The molecule has 5 heteroatoms. The number of aromatic nitrogens is 2. The van der Waals surface area contributed by atoms with E-state index in [-0.39, 0.29) is 0 Å². The summed E-state index contributed by atoms with van der Waals surface area (Å²) >= 11 is 1.66. The van der Waals surface area contributed by atoms with Crippen molar-refractivity contribution in [2.45, 2.75) is 18.9 Å². The second kappa shape index (κ2) is 6.64. The number of benzene rings is 1. The van der Waals surface area contributed by atoms with Crippen LogP contribution in [-0.4, -0.2) is 34.5 Å². The maximum absolute atomic E-state index is 4.44. The van der Waals surface area contributed by atoms with E-state index in [1.807, 2.05) is 0 Å². The van der Waals surface area contributed by atoms with Crippen molar-refractivity contribution in [2.75, 3.05) is 25.0 Å². The first kappa shape index (κ1) is 14.6. The van der Waals surface area contributed by atoms with Gasteiger partial charge < -0.3 is 5.32 Å². The van der Waals surface area contributed by atoms with Crippen LogP contribution in [0.3, 0.4) is 0 Å². The number of fused-ring (bicyclic) bond motifs is 1. The van der Waals surface area contributed by atoms with Gasteiger partial charge in [-0.2, -0.15) is 0 Å². The molecule has 3 heterocycles. The summed E-state index contributed by atoms with van der Waals surface area (Å²) in [4.78, 5) is 12.4. The Morgan fingerprint density at radius 1 is 1.09 bits per heavy atom. The zero-order valence-electron chi connectivity index (χ0n) is 13.0. The number of nitrogens with one attached hydrogen (secondary N) is 1. The van der Waals surface area contributed by atoms with Crippen molar-refractivity contribution in [1.29, 1.82) is 0 Å². The van der Waals surface area contributed by atoms with E-state index in [2.05, 4.69) is 62.0 Å². The SMILES string of the molecule is c1ccc(C(CNc2ncnc3sccc23)N2CCCC2)cc1.